The second-order valence-corrected chi connectivity index (χ2v) is 5.35. The number of hydrogen-bond donors (Lipinski definition) is 0. The second-order valence-electron chi connectivity index (χ2n) is 4.91. The van der Waals surface area contributed by atoms with Crippen molar-refractivity contribution in [3.05, 3.63) is 23.2 Å². The number of hydrogen-bond acceptors (Lipinski definition) is 4. The van der Waals surface area contributed by atoms with Crippen LogP contribution < -0.4 is 9.64 Å². The van der Waals surface area contributed by atoms with Crippen LogP contribution in [0.1, 0.15) is 6.92 Å². The van der Waals surface area contributed by atoms with Crippen LogP contribution in [0.15, 0.2) is 18.2 Å². The summed E-state index contributed by atoms with van der Waals surface area (Å²) >= 11 is 6.00. The molecule has 1 aromatic carbocycles. The van der Waals surface area contributed by atoms with Gasteiger partial charge in [-0.2, -0.15) is 0 Å². The Kier molecular flexibility index (Phi) is 5.63. The fraction of sp³-hybridized carbons (Fsp3) is 0.467. The van der Waals surface area contributed by atoms with Gasteiger partial charge >= 0.3 is 0 Å². The summed E-state index contributed by atoms with van der Waals surface area (Å²) in [5.74, 6) is 0.122. The highest BCUT2D eigenvalue weighted by molar-refractivity contribution is 6.31. The van der Waals surface area contributed by atoms with Gasteiger partial charge in [0, 0.05) is 25.0 Å². The minimum Gasteiger partial charge on any atom is -0.495 e. The van der Waals surface area contributed by atoms with Crippen LogP contribution in [0.25, 0.3) is 0 Å². The monoisotopic (exact) mass is 326 g/mol. The molecule has 0 spiro atoms. The maximum atomic E-state index is 12.4. The second kappa shape index (κ2) is 7.47. The van der Waals surface area contributed by atoms with Gasteiger partial charge in [-0.05, 0) is 18.2 Å². The molecule has 22 heavy (non-hydrogen) atoms. The molecule has 120 valence electrons. The summed E-state index contributed by atoms with van der Waals surface area (Å²) in [5, 5.41) is 0.473. The normalized spacial score (nSPS) is 14.6. The van der Waals surface area contributed by atoms with Gasteiger partial charge in [-0.15, -0.1) is 0 Å². The number of amides is 2. The van der Waals surface area contributed by atoms with Crippen LogP contribution in [0.2, 0.25) is 5.02 Å². The lowest BCUT2D eigenvalue weighted by Crippen LogP contribution is -2.47. The summed E-state index contributed by atoms with van der Waals surface area (Å²) < 4.78 is 10.5. The van der Waals surface area contributed by atoms with E-state index in [1.54, 1.807) is 23.1 Å². The fourth-order valence-corrected chi connectivity index (χ4v) is 2.45. The van der Waals surface area contributed by atoms with E-state index in [2.05, 4.69) is 0 Å². The molecule has 1 aliphatic heterocycles. The molecule has 2 rings (SSSR count). The van der Waals surface area contributed by atoms with Gasteiger partial charge in [0.1, 0.15) is 12.3 Å². The van der Waals surface area contributed by atoms with Crippen molar-refractivity contribution in [3.8, 4) is 5.75 Å². The molecule has 0 aliphatic carbocycles. The third-order valence-corrected chi connectivity index (χ3v) is 3.70. The number of halogens is 1. The molecule has 7 heteroatoms. The molecule has 0 unspecified atom stereocenters. The van der Waals surface area contributed by atoms with E-state index in [-0.39, 0.29) is 18.4 Å². The maximum Gasteiger partial charge on any atom is 0.242 e. The number of methoxy groups -OCH3 is 1. The van der Waals surface area contributed by atoms with Crippen LogP contribution in [-0.4, -0.2) is 56.7 Å². The Labute approximate surface area is 134 Å². The summed E-state index contributed by atoms with van der Waals surface area (Å²) in [6.07, 6.45) is 0. The smallest absolute Gasteiger partial charge is 0.242 e. The van der Waals surface area contributed by atoms with E-state index in [4.69, 9.17) is 21.1 Å². The van der Waals surface area contributed by atoms with Gasteiger partial charge in [0.05, 0.1) is 26.0 Å². The SMILES string of the molecule is COc1ccc(Cl)cc1N(CC(=O)N1CCOCC1)C(C)=O. The Morgan fingerprint density at radius 3 is 2.64 bits per heavy atom. The van der Waals surface area contributed by atoms with Crippen molar-refractivity contribution >= 4 is 29.1 Å². The predicted octanol–water partition coefficient (Wildman–Crippen LogP) is 1.56. The van der Waals surface area contributed by atoms with Crippen molar-refractivity contribution in [2.24, 2.45) is 0 Å². The summed E-state index contributed by atoms with van der Waals surface area (Å²) in [4.78, 5) is 27.4. The Morgan fingerprint density at radius 1 is 1.36 bits per heavy atom. The first-order valence-electron chi connectivity index (χ1n) is 7.00. The van der Waals surface area contributed by atoms with Crippen LogP contribution in [0.4, 0.5) is 5.69 Å². The molecule has 0 bridgehead atoms. The molecule has 6 nitrogen and oxygen atoms in total. The van der Waals surface area contributed by atoms with E-state index in [0.29, 0.717) is 42.8 Å². The Balaban J connectivity index is 2.21. The number of rotatable bonds is 4. The van der Waals surface area contributed by atoms with Gasteiger partial charge in [-0.25, -0.2) is 0 Å². The highest BCUT2D eigenvalue weighted by Gasteiger charge is 2.24. The van der Waals surface area contributed by atoms with Gasteiger partial charge in [-0.1, -0.05) is 11.6 Å². The van der Waals surface area contributed by atoms with Crippen LogP contribution in [0.3, 0.4) is 0 Å². The minimum atomic E-state index is -0.248. The fourth-order valence-electron chi connectivity index (χ4n) is 2.29. The lowest BCUT2D eigenvalue weighted by molar-refractivity contribution is -0.134. The van der Waals surface area contributed by atoms with Crippen molar-refractivity contribution in [1.29, 1.82) is 0 Å². The van der Waals surface area contributed by atoms with Gasteiger partial charge in [0.25, 0.3) is 0 Å². The molecule has 0 saturated carbocycles. The first-order chi connectivity index (χ1) is 10.5. The van der Waals surface area contributed by atoms with E-state index in [9.17, 15) is 9.59 Å². The molecular weight excluding hydrogens is 308 g/mol. The molecule has 0 atom stereocenters. The molecule has 1 fully saturated rings. The third kappa shape index (κ3) is 3.90. The summed E-state index contributed by atoms with van der Waals surface area (Å²) in [6.45, 7) is 3.48. The van der Waals surface area contributed by atoms with E-state index in [1.165, 1.54) is 18.9 Å². The van der Waals surface area contributed by atoms with Crippen molar-refractivity contribution in [3.63, 3.8) is 0 Å². The molecule has 0 radical (unpaired) electrons. The number of carbonyl (C=O) groups excluding carboxylic acids is 2. The molecule has 0 aromatic heterocycles. The zero-order chi connectivity index (χ0) is 16.1. The van der Waals surface area contributed by atoms with Crippen molar-refractivity contribution in [1.82, 2.24) is 4.90 Å². The van der Waals surface area contributed by atoms with Crippen LogP contribution >= 0.6 is 11.6 Å². The molecule has 2 amide bonds. The zero-order valence-electron chi connectivity index (χ0n) is 12.7. The first kappa shape index (κ1) is 16.6. The number of morpholine rings is 1. The van der Waals surface area contributed by atoms with E-state index >= 15 is 0 Å². The summed E-state index contributed by atoms with van der Waals surface area (Å²) in [5.41, 5.74) is 0.490. The average molecular weight is 327 g/mol. The number of anilines is 1. The molecule has 1 aliphatic rings. The third-order valence-electron chi connectivity index (χ3n) is 3.47. The first-order valence-corrected chi connectivity index (χ1v) is 7.38. The van der Waals surface area contributed by atoms with E-state index in [1.807, 2.05) is 0 Å². The van der Waals surface area contributed by atoms with E-state index in [0.717, 1.165) is 0 Å². The van der Waals surface area contributed by atoms with Gasteiger partial charge in [0.2, 0.25) is 11.8 Å². The lowest BCUT2D eigenvalue weighted by Gasteiger charge is -2.30. The summed E-state index contributed by atoms with van der Waals surface area (Å²) in [6, 6.07) is 4.97. The molecular formula is C15H19ClN2O4. The van der Waals surface area contributed by atoms with Crippen LogP contribution in [0, 0.1) is 0 Å². The molecule has 0 N–H and O–H groups in total. The summed E-state index contributed by atoms with van der Waals surface area (Å²) in [7, 11) is 1.51. The quantitative estimate of drug-likeness (QED) is 0.842. The molecule has 1 heterocycles. The van der Waals surface area contributed by atoms with Crippen molar-refractivity contribution < 1.29 is 19.1 Å². The average Bonchev–Trinajstić information content (AvgIpc) is 2.53. The van der Waals surface area contributed by atoms with Crippen LogP contribution in [0.5, 0.6) is 5.75 Å². The number of nitrogens with zero attached hydrogens (tertiary/aromatic N) is 2. The number of carbonyl (C=O) groups is 2. The van der Waals surface area contributed by atoms with Crippen molar-refractivity contribution in [2.45, 2.75) is 6.92 Å². The zero-order valence-corrected chi connectivity index (χ0v) is 13.4. The molecule has 1 saturated heterocycles. The number of benzene rings is 1. The Morgan fingerprint density at radius 2 is 2.05 bits per heavy atom. The number of ether oxygens (including phenoxy) is 2. The highest BCUT2D eigenvalue weighted by Crippen LogP contribution is 2.31. The predicted molar refractivity (Wildman–Crippen MR) is 83.4 cm³/mol. The standard InChI is InChI=1S/C15H19ClN2O4/c1-11(19)18(10-15(20)17-5-7-22-8-6-17)13-9-12(16)3-4-14(13)21-2/h3-4,9H,5-8,10H2,1-2H3. The topological polar surface area (TPSA) is 59.1 Å². The Hall–Kier alpha value is -1.79. The minimum absolute atomic E-state index is 0.0496. The molecule has 1 aromatic rings. The maximum absolute atomic E-state index is 12.4. The van der Waals surface area contributed by atoms with Gasteiger partial charge in [0.15, 0.2) is 0 Å². The largest absolute Gasteiger partial charge is 0.495 e. The van der Waals surface area contributed by atoms with Gasteiger partial charge < -0.3 is 14.4 Å². The van der Waals surface area contributed by atoms with Crippen molar-refractivity contribution in [2.75, 3.05) is 44.9 Å². The van der Waals surface area contributed by atoms with E-state index < -0.39 is 0 Å². The van der Waals surface area contributed by atoms with Crippen LogP contribution in [-0.2, 0) is 14.3 Å². The Bertz CT molecular complexity index is 558. The van der Waals surface area contributed by atoms with Gasteiger partial charge in [-0.3, -0.25) is 14.5 Å². The highest BCUT2D eigenvalue weighted by atomic mass is 35.5. The lowest BCUT2D eigenvalue weighted by atomic mass is 10.2.